The van der Waals surface area contributed by atoms with E-state index >= 15 is 0 Å². The van der Waals surface area contributed by atoms with E-state index in [2.05, 4.69) is 5.32 Å². The Morgan fingerprint density at radius 2 is 2.18 bits per heavy atom. The summed E-state index contributed by atoms with van der Waals surface area (Å²) < 4.78 is 5.58. The topological polar surface area (TPSA) is 62.5 Å². The van der Waals surface area contributed by atoms with Gasteiger partial charge in [0.05, 0.1) is 5.39 Å². The summed E-state index contributed by atoms with van der Waals surface area (Å²) in [5, 5.41) is 12.2. The van der Waals surface area contributed by atoms with Crippen LogP contribution >= 0.6 is 0 Å². The van der Waals surface area contributed by atoms with Crippen LogP contribution in [0.5, 0.6) is 0 Å². The summed E-state index contributed by atoms with van der Waals surface area (Å²) in [6.45, 7) is 2.64. The van der Waals surface area contributed by atoms with Gasteiger partial charge in [-0.2, -0.15) is 0 Å². The van der Waals surface area contributed by atoms with Gasteiger partial charge in [-0.25, -0.2) is 0 Å². The summed E-state index contributed by atoms with van der Waals surface area (Å²) in [4.78, 5) is 11.8. The lowest BCUT2D eigenvalue weighted by Gasteiger charge is -2.05. The van der Waals surface area contributed by atoms with Gasteiger partial charge in [-0.1, -0.05) is 6.07 Å². The van der Waals surface area contributed by atoms with Gasteiger partial charge in [0.25, 0.3) is 0 Å². The summed E-state index contributed by atoms with van der Waals surface area (Å²) in [5.41, 5.74) is 1.58. The Kier molecular flexibility index (Phi) is 3.44. The van der Waals surface area contributed by atoms with Gasteiger partial charge in [0.2, 0.25) is 0 Å². The van der Waals surface area contributed by atoms with Gasteiger partial charge in [-0.05, 0) is 31.0 Å². The minimum absolute atomic E-state index is 0.0576. The van der Waals surface area contributed by atoms with Gasteiger partial charge in [0, 0.05) is 19.2 Å². The molecule has 0 unspecified atom stereocenters. The van der Waals surface area contributed by atoms with Crippen LogP contribution in [0.25, 0.3) is 11.0 Å². The molecule has 0 fully saturated rings. The predicted octanol–water partition coefficient (Wildman–Crippen LogP) is 1.90. The van der Waals surface area contributed by atoms with E-state index in [1.54, 1.807) is 6.07 Å². The molecule has 0 spiro atoms. The molecule has 0 amide bonds. The maximum absolute atomic E-state index is 11.8. The number of aliphatic hydroxyl groups excluding tert-OH is 1. The molecule has 0 radical (unpaired) electrons. The van der Waals surface area contributed by atoms with Crippen molar-refractivity contribution in [2.24, 2.45) is 0 Å². The van der Waals surface area contributed by atoms with E-state index in [0.29, 0.717) is 29.8 Å². The van der Waals surface area contributed by atoms with E-state index < -0.39 is 0 Å². The van der Waals surface area contributed by atoms with Crippen LogP contribution in [0.4, 0.5) is 5.88 Å². The number of aliphatic hydroxyl groups is 1. The summed E-state index contributed by atoms with van der Waals surface area (Å²) in [6, 6.07) is 6.94. The number of rotatable bonds is 4. The molecule has 17 heavy (non-hydrogen) atoms. The molecule has 0 aliphatic carbocycles. The molecule has 0 aliphatic rings. The molecule has 1 aromatic heterocycles. The molecule has 0 saturated heterocycles. The number of aryl methyl sites for hydroxylation is 1. The Balaban J connectivity index is 2.36. The largest absolute Gasteiger partial charge is 0.440 e. The maximum Gasteiger partial charge on any atom is 0.197 e. The fourth-order valence-corrected chi connectivity index (χ4v) is 1.64. The third kappa shape index (κ3) is 2.65. The van der Waals surface area contributed by atoms with Crippen LogP contribution in [0.2, 0.25) is 0 Å². The standard InChI is InChI=1S/C13H15NO3/c1-9-3-4-10-11(16)8-13(14-5-2-6-15)17-12(10)7-9/h3-4,7-8,14-15H,2,5-6H2,1H3. The maximum atomic E-state index is 11.8. The molecule has 0 aliphatic heterocycles. The number of nitrogens with one attached hydrogen (secondary N) is 1. The first kappa shape index (κ1) is 11.7. The quantitative estimate of drug-likeness (QED) is 0.792. The highest BCUT2D eigenvalue weighted by atomic mass is 16.3. The number of fused-ring (bicyclic) bond motifs is 1. The zero-order valence-electron chi connectivity index (χ0n) is 9.69. The average Bonchev–Trinajstić information content (AvgIpc) is 2.28. The molecule has 0 saturated carbocycles. The first-order valence-electron chi connectivity index (χ1n) is 5.60. The van der Waals surface area contributed by atoms with E-state index in [1.807, 2.05) is 19.1 Å². The molecular formula is C13H15NO3. The van der Waals surface area contributed by atoms with Crippen molar-refractivity contribution in [3.63, 3.8) is 0 Å². The molecule has 2 N–H and O–H groups in total. The van der Waals surface area contributed by atoms with Gasteiger partial charge >= 0.3 is 0 Å². The number of benzene rings is 1. The zero-order chi connectivity index (χ0) is 12.3. The lowest BCUT2D eigenvalue weighted by Crippen LogP contribution is -2.07. The third-order valence-electron chi connectivity index (χ3n) is 2.52. The highest BCUT2D eigenvalue weighted by Crippen LogP contribution is 2.16. The molecule has 0 bridgehead atoms. The Morgan fingerprint density at radius 3 is 2.94 bits per heavy atom. The summed E-state index contributed by atoms with van der Waals surface area (Å²) in [7, 11) is 0. The summed E-state index contributed by atoms with van der Waals surface area (Å²) in [6.07, 6.45) is 0.621. The molecule has 0 atom stereocenters. The molecule has 1 heterocycles. The molecule has 90 valence electrons. The Morgan fingerprint density at radius 1 is 1.35 bits per heavy atom. The van der Waals surface area contributed by atoms with Crippen molar-refractivity contribution in [3.05, 3.63) is 40.1 Å². The Labute approximate surface area is 98.9 Å². The first-order valence-corrected chi connectivity index (χ1v) is 5.60. The summed E-state index contributed by atoms with van der Waals surface area (Å²) >= 11 is 0. The number of hydrogen-bond acceptors (Lipinski definition) is 4. The average molecular weight is 233 g/mol. The minimum Gasteiger partial charge on any atom is -0.440 e. The fourth-order valence-electron chi connectivity index (χ4n) is 1.64. The van der Waals surface area contributed by atoms with Gasteiger partial charge in [0.15, 0.2) is 11.3 Å². The van der Waals surface area contributed by atoms with Crippen LogP contribution in [0.3, 0.4) is 0 Å². The van der Waals surface area contributed by atoms with E-state index in [9.17, 15) is 4.79 Å². The van der Waals surface area contributed by atoms with Crippen molar-refractivity contribution in [2.75, 3.05) is 18.5 Å². The van der Waals surface area contributed by atoms with Crippen molar-refractivity contribution in [3.8, 4) is 0 Å². The van der Waals surface area contributed by atoms with Crippen molar-refractivity contribution in [1.29, 1.82) is 0 Å². The summed E-state index contributed by atoms with van der Waals surface area (Å²) in [5.74, 6) is 0.446. The molecular weight excluding hydrogens is 218 g/mol. The minimum atomic E-state index is -0.0576. The highest BCUT2D eigenvalue weighted by Gasteiger charge is 2.04. The van der Waals surface area contributed by atoms with Crippen molar-refractivity contribution < 1.29 is 9.52 Å². The second-order valence-electron chi connectivity index (χ2n) is 3.98. The SMILES string of the molecule is Cc1ccc2c(=O)cc(NCCCO)oc2c1. The predicted molar refractivity (Wildman–Crippen MR) is 67.4 cm³/mol. The van der Waals surface area contributed by atoms with Crippen LogP contribution in [-0.4, -0.2) is 18.3 Å². The van der Waals surface area contributed by atoms with Gasteiger partial charge in [-0.3, -0.25) is 4.79 Å². The third-order valence-corrected chi connectivity index (χ3v) is 2.52. The van der Waals surface area contributed by atoms with Crippen molar-refractivity contribution in [1.82, 2.24) is 0 Å². The van der Waals surface area contributed by atoms with E-state index in [-0.39, 0.29) is 12.0 Å². The monoisotopic (exact) mass is 233 g/mol. The van der Waals surface area contributed by atoms with Crippen LogP contribution < -0.4 is 10.7 Å². The lowest BCUT2D eigenvalue weighted by atomic mass is 10.1. The lowest BCUT2D eigenvalue weighted by molar-refractivity contribution is 0.292. The van der Waals surface area contributed by atoms with Gasteiger partial charge in [-0.15, -0.1) is 0 Å². The highest BCUT2D eigenvalue weighted by molar-refractivity contribution is 5.78. The van der Waals surface area contributed by atoms with E-state index in [4.69, 9.17) is 9.52 Å². The first-order chi connectivity index (χ1) is 8.20. The zero-order valence-corrected chi connectivity index (χ0v) is 9.69. The van der Waals surface area contributed by atoms with Crippen LogP contribution in [0.15, 0.2) is 33.5 Å². The smallest absolute Gasteiger partial charge is 0.197 e. The molecule has 4 nitrogen and oxygen atoms in total. The van der Waals surface area contributed by atoms with Crippen LogP contribution in [0, 0.1) is 6.92 Å². The van der Waals surface area contributed by atoms with E-state index in [1.165, 1.54) is 6.07 Å². The molecule has 2 aromatic rings. The normalized spacial score (nSPS) is 10.7. The van der Waals surface area contributed by atoms with Crippen molar-refractivity contribution in [2.45, 2.75) is 13.3 Å². The Bertz CT molecular complexity index is 574. The second-order valence-corrected chi connectivity index (χ2v) is 3.98. The number of anilines is 1. The molecule has 1 aromatic carbocycles. The molecule has 2 rings (SSSR count). The number of hydrogen-bond donors (Lipinski definition) is 2. The van der Waals surface area contributed by atoms with Crippen LogP contribution in [-0.2, 0) is 0 Å². The van der Waals surface area contributed by atoms with E-state index in [0.717, 1.165) is 5.56 Å². The second kappa shape index (κ2) is 5.01. The van der Waals surface area contributed by atoms with Crippen molar-refractivity contribution >= 4 is 16.9 Å². The van der Waals surface area contributed by atoms with Crippen LogP contribution in [0.1, 0.15) is 12.0 Å². The molecule has 4 heteroatoms. The fraction of sp³-hybridized carbons (Fsp3) is 0.308. The Hall–Kier alpha value is -1.81. The van der Waals surface area contributed by atoms with Gasteiger partial charge < -0.3 is 14.8 Å². The van der Waals surface area contributed by atoms with Gasteiger partial charge in [0.1, 0.15) is 5.58 Å².